The van der Waals surface area contributed by atoms with Crippen LogP contribution in [-0.4, -0.2) is 23.4 Å². The Morgan fingerprint density at radius 3 is 2.94 bits per heavy atom. The first-order valence-electron chi connectivity index (χ1n) is 6.40. The van der Waals surface area contributed by atoms with E-state index in [4.69, 9.17) is 11.2 Å². The van der Waals surface area contributed by atoms with Gasteiger partial charge in [0.05, 0.1) is 11.7 Å². The summed E-state index contributed by atoms with van der Waals surface area (Å²) in [5.74, 6) is 3.23. The molecule has 1 saturated carbocycles. The Morgan fingerprint density at radius 2 is 2.38 bits per heavy atom. The molecule has 0 aromatic rings. The summed E-state index contributed by atoms with van der Waals surface area (Å²) >= 11 is 0. The molecule has 3 atom stereocenters. The van der Waals surface area contributed by atoms with E-state index in [-0.39, 0.29) is 5.60 Å². The molecule has 0 aromatic carbocycles. The maximum Gasteiger partial charge on any atom is 0.0942 e. The Labute approximate surface area is 99.4 Å². The van der Waals surface area contributed by atoms with Crippen molar-refractivity contribution in [3.63, 3.8) is 0 Å². The molecule has 1 fully saturated rings. The van der Waals surface area contributed by atoms with Crippen LogP contribution in [0.25, 0.3) is 0 Å². The highest BCUT2D eigenvalue weighted by atomic mass is 16.5. The molecule has 0 amide bonds. The third-order valence-electron chi connectivity index (χ3n) is 3.59. The highest BCUT2D eigenvalue weighted by molar-refractivity contribution is 4.95. The fourth-order valence-electron chi connectivity index (χ4n) is 2.84. The van der Waals surface area contributed by atoms with E-state index in [9.17, 15) is 5.11 Å². The Balaban J connectivity index is 2.66. The Morgan fingerprint density at radius 1 is 1.62 bits per heavy atom. The molecular weight excluding hydrogens is 200 g/mol. The quantitative estimate of drug-likeness (QED) is 0.728. The maximum absolute atomic E-state index is 10.3. The molecule has 92 valence electrons. The summed E-state index contributed by atoms with van der Waals surface area (Å²) in [4.78, 5) is 0. The van der Waals surface area contributed by atoms with Crippen LogP contribution in [0.4, 0.5) is 0 Å². The minimum atomic E-state index is -0.411. The second-order valence-electron chi connectivity index (χ2n) is 4.96. The van der Waals surface area contributed by atoms with Crippen LogP contribution in [0.2, 0.25) is 0 Å². The number of hydrogen-bond donors (Lipinski definition) is 1. The first-order valence-corrected chi connectivity index (χ1v) is 6.40. The highest BCUT2D eigenvalue weighted by Gasteiger charge is 2.41. The monoisotopic (exact) mass is 224 g/mol. The van der Waals surface area contributed by atoms with Gasteiger partial charge in [-0.15, -0.1) is 12.3 Å². The molecule has 0 saturated heterocycles. The summed E-state index contributed by atoms with van der Waals surface area (Å²) in [6.07, 6.45) is 10.5. The SMILES string of the molecule is C#CCCC(O)C1(OCC)CCCC(C)C1. The van der Waals surface area contributed by atoms with Gasteiger partial charge in [-0.3, -0.25) is 0 Å². The van der Waals surface area contributed by atoms with Crippen LogP contribution >= 0.6 is 0 Å². The first kappa shape index (κ1) is 13.5. The van der Waals surface area contributed by atoms with Crippen LogP contribution in [0, 0.1) is 18.3 Å². The van der Waals surface area contributed by atoms with E-state index in [1.165, 1.54) is 6.42 Å². The average molecular weight is 224 g/mol. The normalized spacial score (nSPS) is 32.0. The molecule has 0 bridgehead atoms. The van der Waals surface area contributed by atoms with Crippen LogP contribution in [0.15, 0.2) is 0 Å². The van der Waals surface area contributed by atoms with E-state index in [0.717, 1.165) is 19.3 Å². The van der Waals surface area contributed by atoms with Crippen molar-refractivity contribution in [2.75, 3.05) is 6.61 Å². The van der Waals surface area contributed by atoms with Crippen molar-refractivity contribution in [2.45, 2.75) is 64.1 Å². The molecule has 3 unspecified atom stereocenters. The van der Waals surface area contributed by atoms with Gasteiger partial charge in [0.25, 0.3) is 0 Å². The van der Waals surface area contributed by atoms with Gasteiger partial charge in [-0.2, -0.15) is 0 Å². The average Bonchev–Trinajstić information content (AvgIpc) is 2.26. The van der Waals surface area contributed by atoms with Crippen molar-refractivity contribution in [3.05, 3.63) is 0 Å². The first-order chi connectivity index (χ1) is 7.64. The molecule has 1 aliphatic carbocycles. The Hall–Kier alpha value is -0.520. The zero-order valence-corrected chi connectivity index (χ0v) is 10.5. The lowest BCUT2D eigenvalue weighted by atomic mass is 9.74. The van der Waals surface area contributed by atoms with Crippen molar-refractivity contribution >= 4 is 0 Å². The van der Waals surface area contributed by atoms with E-state index in [2.05, 4.69) is 12.8 Å². The molecule has 0 aromatic heterocycles. The number of ether oxygens (including phenoxy) is 1. The molecule has 2 nitrogen and oxygen atoms in total. The van der Waals surface area contributed by atoms with Gasteiger partial charge in [-0.05, 0) is 32.1 Å². The molecular formula is C14H24O2. The summed E-state index contributed by atoms with van der Waals surface area (Å²) in [6, 6.07) is 0. The van der Waals surface area contributed by atoms with Gasteiger partial charge in [-0.1, -0.05) is 19.8 Å². The molecule has 1 N–H and O–H groups in total. The fourth-order valence-corrected chi connectivity index (χ4v) is 2.84. The van der Waals surface area contributed by atoms with Crippen LogP contribution in [0.1, 0.15) is 52.4 Å². The van der Waals surface area contributed by atoms with Crippen molar-refractivity contribution in [3.8, 4) is 12.3 Å². The Bertz CT molecular complexity index is 240. The lowest BCUT2D eigenvalue weighted by molar-refractivity contribution is -0.148. The van der Waals surface area contributed by atoms with Crippen LogP contribution in [0.5, 0.6) is 0 Å². The standard InChI is InChI=1S/C14H24O2/c1-4-6-9-13(15)14(16-5-2)10-7-8-12(3)11-14/h1,12-13,15H,5-11H2,2-3H3. The van der Waals surface area contributed by atoms with E-state index >= 15 is 0 Å². The van der Waals surface area contributed by atoms with Crippen LogP contribution in [0.3, 0.4) is 0 Å². The van der Waals surface area contributed by atoms with Gasteiger partial charge >= 0.3 is 0 Å². The summed E-state index contributed by atoms with van der Waals surface area (Å²) in [7, 11) is 0. The lowest BCUT2D eigenvalue weighted by Gasteiger charge is -2.43. The number of terminal acetylenes is 1. The van der Waals surface area contributed by atoms with Gasteiger partial charge in [0, 0.05) is 13.0 Å². The molecule has 16 heavy (non-hydrogen) atoms. The maximum atomic E-state index is 10.3. The second kappa shape index (κ2) is 6.27. The van der Waals surface area contributed by atoms with Gasteiger partial charge < -0.3 is 9.84 Å². The topological polar surface area (TPSA) is 29.5 Å². The third-order valence-corrected chi connectivity index (χ3v) is 3.59. The largest absolute Gasteiger partial charge is 0.390 e. The third kappa shape index (κ3) is 3.23. The minimum Gasteiger partial charge on any atom is -0.390 e. The predicted octanol–water partition coefficient (Wildman–Crippen LogP) is 2.75. The number of aliphatic hydroxyl groups is 1. The molecule has 0 aliphatic heterocycles. The number of aliphatic hydroxyl groups excluding tert-OH is 1. The number of hydrogen-bond acceptors (Lipinski definition) is 2. The van der Waals surface area contributed by atoms with Crippen molar-refractivity contribution in [2.24, 2.45) is 5.92 Å². The smallest absolute Gasteiger partial charge is 0.0942 e. The molecule has 0 radical (unpaired) electrons. The van der Waals surface area contributed by atoms with Gasteiger partial charge in [0.15, 0.2) is 0 Å². The van der Waals surface area contributed by atoms with Gasteiger partial charge in [0.1, 0.15) is 0 Å². The van der Waals surface area contributed by atoms with E-state index < -0.39 is 6.10 Å². The van der Waals surface area contributed by atoms with E-state index in [1.54, 1.807) is 0 Å². The second-order valence-corrected chi connectivity index (χ2v) is 4.96. The summed E-state index contributed by atoms with van der Waals surface area (Å²) in [5.41, 5.74) is -0.330. The zero-order chi connectivity index (χ0) is 12.0. The van der Waals surface area contributed by atoms with Crippen LogP contribution in [-0.2, 0) is 4.74 Å². The molecule has 0 spiro atoms. The summed E-state index contributed by atoms with van der Waals surface area (Å²) < 4.78 is 5.88. The van der Waals surface area contributed by atoms with Crippen LogP contribution < -0.4 is 0 Å². The minimum absolute atomic E-state index is 0.330. The molecule has 1 aliphatic rings. The van der Waals surface area contributed by atoms with Crippen molar-refractivity contribution in [1.29, 1.82) is 0 Å². The zero-order valence-electron chi connectivity index (χ0n) is 10.5. The summed E-state index contributed by atoms with van der Waals surface area (Å²) in [6.45, 7) is 4.90. The lowest BCUT2D eigenvalue weighted by Crippen LogP contribution is -2.48. The Kier molecular flexibility index (Phi) is 5.31. The predicted molar refractivity (Wildman–Crippen MR) is 66.1 cm³/mol. The highest BCUT2D eigenvalue weighted by Crippen LogP contribution is 2.38. The van der Waals surface area contributed by atoms with Crippen molar-refractivity contribution in [1.82, 2.24) is 0 Å². The fraction of sp³-hybridized carbons (Fsp3) is 0.857. The number of rotatable bonds is 5. The molecule has 1 rings (SSSR count). The van der Waals surface area contributed by atoms with Gasteiger partial charge in [-0.25, -0.2) is 0 Å². The van der Waals surface area contributed by atoms with Crippen molar-refractivity contribution < 1.29 is 9.84 Å². The summed E-state index contributed by atoms with van der Waals surface area (Å²) in [5, 5.41) is 10.3. The van der Waals surface area contributed by atoms with E-state index in [1.807, 2.05) is 6.92 Å². The van der Waals surface area contributed by atoms with Gasteiger partial charge in [0.2, 0.25) is 0 Å². The molecule has 0 heterocycles. The van der Waals surface area contributed by atoms with E-state index in [0.29, 0.717) is 25.4 Å². The molecule has 2 heteroatoms.